The number of carbonyl (C=O) groups is 1. The van der Waals surface area contributed by atoms with Crippen LogP contribution in [-0.2, 0) is 11.3 Å². The Kier molecular flexibility index (Phi) is 3.45. The lowest BCUT2D eigenvalue weighted by molar-refractivity contribution is -0.133. The number of hydrogen-bond donors (Lipinski definition) is 0. The molecule has 1 saturated heterocycles. The average molecular weight is 329 g/mol. The molecular formula is C15H15N5O2S. The van der Waals surface area contributed by atoms with Gasteiger partial charge in [-0.3, -0.25) is 9.59 Å². The topological polar surface area (TPSA) is 72.5 Å². The highest BCUT2D eigenvalue weighted by atomic mass is 32.1. The van der Waals surface area contributed by atoms with E-state index in [4.69, 9.17) is 0 Å². The lowest BCUT2D eigenvalue weighted by atomic mass is 10.2. The van der Waals surface area contributed by atoms with Gasteiger partial charge in [0.1, 0.15) is 18.4 Å². The monoisotopic (exact) mass is 329 g/mol. The summed E-state index contributed by atoms with van der Waals surface area (Å²) in [6.45, 7) is 0.688. The number of amides is 1. The summed E-state index contributed by atoms with van der Waals surface area (Å²) in [4.78, 5) is 28.0. The van der Waals surface area contributed by atoms with E-state index < -0.39 is 0 Å². The van der Waals surface area contributed by atoms with Gasteiger partial charge in [0, 0.05) is 11.4 Å². The molecule has 118 valence electrons. The van der Waals surface area contributed by atoms with E-state index in [2.05, 4.69) is 16.3 Å². The van der Waals surface area contributed by atoms with Crippen molar-refractivity contribution in [2.24, 2.45) is 0 Å². The zero-order valence-corrected chi connectivity index (χ0v) is 13.1. The minimum atomic E-state index is -0.301. The van der Waals surface area contributed by atoms with Crippen molar-refractivity contribution in [1.29, 1.82) is 0 Å². The van der Waals surface area contributed by atoms with Crippen LogP contribution in [0.3, 0.4) is 0 Å². The largest absolute Gasteiger partial charge is 0.333 e. The second kappa shape index (κ2) is 5.62. The van der Waals surface area contributed by atoms with E-state index in [9.17, 15) is 9.59 Å². The van der Waals surface area contributed by atoms with Crippen LogP contribution in [0.5, 0.6) is 0 Å². The van der Waals surface area contributed by atoms with Gasteiger partial charge >= 0.3 is 0 Å². The van der Waals surface area contributed by atoms with Gasteiger partial charge in [-0.05, 0) is 30.4 Å². The molecule has 1 atom stereocenters. The van der Waals surface area contributed by atoms with Crippen LogP contribution < -0.4 is 5.56 Å². The second-order valence-corrected chi connectivity index (χ2v) is 6.49. The SMILES string of the molecule is O=C(Cn1ncn2nccc2c1=O)N1CCCC1c1cccs1. The first-order valence-corrected chi connectivity index (χ1v) is 8.34. The van der Waals surface area contributed by atoms with E-state index >= 15 is 0 Å². The molecule has 1 fully saturated rings. The van der Waals surface area contributed by atoms with Crippen LogP contribution in [0.2, 0.25) is 0 Å². The zero-order chi connectivity index (χ0) is 15.8. The van der Waals surface area contributed by atoms with Crippen molar-refractivity contribution in [3.8, 4) is 0 Å². The first-order valence-electron chi connectivity index (χ1n) is 7.46. The molecule has 3 aromatic rings. The molecule has 0 aliphatic carbocycles. The Balaban J connectivity index is 1.59. The minimum absolute atomic E-state index is 0.0393. The van der Waals surface area contributed by atoms with E-state index in [1.54, 1.807) is 17.4 Å². The van der Waals surface area contributed by atoms with E-state index in [1.165, 1.54) is 26.6 Å². The molecule has 23 heavy (non-hydrogen) atoms. The molecule has 1 amide bonds. The van der Waals surface area contributed by atoms with Crippen LogP contribution >= 0.6 is 11.3 Å². The Labute approximate surface area is 135 Å². The number of aromatic nitrogens is 4. The third-order valence-electron chi connectivity index (χ3n) is 4.15. The number of rotatable bonds is 3. The van der Waals surface area contributed by atoms with Crippen molar-refractivity contribution >= 4 is 22.8 Å². The summed E-state index contributed by atoms with van der Waals surface area (Å²) < 4.78 is 2.62. The van der Waals surface area contributed by atoms with Crippen molar-refractivity contribution in [2.75, 3.05) is 6.54 Å². The molecule has 1 aliphatic heterocycles. The van der Waals surface area contributed by atoms with Gasteiger partial charge in [0.2, 0.25) is 5.91 Å². The summed E-state index contributed by atoms with van der Waals surface area (Å²) in [7, 11) is 0. The first-order chi connectivity index (χ1) is 11.2. The smallest absolute Gasteiger partial charge is 0.293 e. The van der Waals surface area contributed by atoms with E-state index in [0.717, 1.165) is 19.4 Å². The fourth-order valence-corrected chi connectivity index (χ4v) is 3.92. The molecule has 8 heteroatoms. The fourth-order valence-electron chi connectivity index (χ4n) is 3.05. The van der Waals surface area contributed by atoms with Crippen LogP contribution in [-0.4, -0.2) is 36.7 Å². The number of thiophene rings is 1. The summed E-state index contributed by atoms with van der Waals surface area (Å²) in [6, 6.07) is 5.80. The van der Waals surface area contributed by atoms with Crippen LogP contribution in [0.4, 0.5) is 0 Å². The molecule has 3 aromatic heterocycles. The Morgan fingerprint density at radius 3 is 3.09 bits per heavy atom. The maximum atomic E-state index is 12.7. The molecule has 0 bridgehead atoms. The third kappa shape index (κ3) is 2.44. The summed E-state index contributed by atoms with van der Waals surface area (Å²) in [5.41, 5.74) is 0.120. The van der Waals surface area contributed by atoms with E-state index in [-0.39, 0.29) is 24.1 Å². The van der Waals surface area contributed by atoms with E-state index in [0.29, 0.717) is 5.52 Å². The molecule has 0 spiro atoms. The lowest BCUT2D eigenvalue weighted by Gasteiger charge is -2.24. The predicted molar refractivity (Wildman–Crippen MR) is 85.3 cm³/mol. The Morgan fingerprint density at radius 1 is 1.35 bits per heavy atom. The molecule has 0 saturated carbocycles. The maximum absolute atomic E-state index is 12.7. The van der Waals surface area contributed by atoms with Gasteiger partial charge in [-0.25, -0.2) is 9.20 Å². The average Bonchev–Trinajstić information content (AvgIpc) is 3.30. The van der Waals surface area contributed by atoms with Gasteiger partial charge in [-0.1, -0.05) is 6.07 Å². The van der Waals surface area contributed by atoms with Gasteiger partial charge in [0.25, 0.3) is 5.56 Å². The fraction of sp³-hybridized carbons (Fsp3) is 0.333. The van der Waals surface area contributed by atoms with Crippen LogP contribution in [0, 0.1) is 0 Å². The van der Waals surface area contributed by atoms with Crippen LogP contribution in [0.15, 0.2) is 40.9 Å². The van der Waals surface area contributed by atoms with Crippen molar-refractivity contribution in [3.63, 3.8) is 0 Å². The number of fused-ring (bicyclic) bond motifs is 1. The quantitative estimate of drug-likeness (QED) is 0.726. The number of hydrogen-bond acceptors (Lipinski definition) is 5. The number of likely N-dealkylation sites (tertiary alicyclic amines) is 1. The summed E-state index contributed by atoms with van der Waals surface area (Å²) in [5, 5.41) is 10.0. The Morgan fingerprint density at radius 2 is 2.26 bits per heavy atom. The van der Waals surface area contributed by atoms with Crippen molar-refractivity contribution in [3.05, 3.63) is 51.3 Å². The van der Waals surface area contributed by atoms with Crippen LogP contribution in [0.25, 0.3) is 5.52 Å². The van der Waals surface area contributed by atoms with Gasteiger partial charge in [0.15, 0.2) is 0 Å². The molecule has 0 radical (unpaired) electrons. The van der Waals surface area contributed by atoms with Gasteiger partial charge in [0.05, 0.1) is 12.2 Å². The zero-order valence-electron chi connectivity index (χ0n) is 12.3. The van der Waals surface area contributed by atoms with Crippen molar-refractivity contribution < 1.29 is 4.79 Å². The first kappa shape index (κ1) is 14.1. The molecule has 7 nitrogen and oxygen atoms in total. The predicted octanol–water partition coefficient (Wildman–Crippen LogP) is 1.32. The lowest BCUT2D eigenvalue weighted by Crippen LogP contribution is -2.37. The highest BCUT2D eigenvalue weighted by molar-refractivity contribution is 7.10. The standard InChI is InChI=1S/C15H15N5O2S/c21-14(18-7-1-3-11(18)13-4-2-8-23-13)9-19-15(22)12-5-6-16-20(12)10-17-19/h2,4-6,8,10-11H,1,3,7,9H2. The molecular weight excluding hydrogens is 314 g/mol. The molecule has 1 unspecified atom stereocenters. The van der Waals surface area contributed by atoms with E-state index in [1.807, 2.05) is 16.3 Å². The number of carbonyl (C=O) groups excluding carboxylic acids is 1. The van der Waals surface area contributed by atoms with Crippen LogP contribution in [0.1, 0.15) is 23.8 Å². The number of nitrogens with zero attached hydrogens (tertiary/aromatic N) is 5. The van der Waals surface area contributed by atoms with Gasteiger partial charge < -0.3 is 4.90 Å². The normalized spacial score (nSPS) is 17.9. The molecule has 0 aromatic carbocycles. The van der Waals surface area contributed by atoms with Gasteiger partial charge in [-0.15, -0.1) is 11.3 Å². The third-order valence-corrected chi connectivity index (χ3v) is 5.13. The highest BCUT2D eigenvalue weighted by Gasteiger charge is 2.30. The Hall–Kier alpha value is -2.48. The second-order valence-electron chi connectivity index (χ2n) is 5.52. The summed E-state index contributed by atoms with van der Waals surface area (Å²) in [5.74, 6) is -0.0700. The maximum Gasteiger partial charge on any atom is 0.293 e. The Bertz CT molecular complexity index is 898. The molecule has 0 N–H and O–H groups in total. The highest BCUT2D eigenvalue weighted by Crippen LogP contribution is 2.34. The summed E-state index contributed by atoms with van der Waals surface area (Å²) >= 11 is 1.66. The minimum Gasteiger partial charge on any atom is -0.333 e. The molecule has 1 aliphatic rings. The van der Waals surface area contributed by atoms with Gasteiger partial charge in [-0.2, -0.15) is 10.2 Å². The van der Waals surface area contributed by atoms with Crippen molar-refractivity contribution in [1.82, 2.24) is 24.3 Å². The summed E-state index contributed by atoms with van der Waals surface area (Å²) in [6.07, 6.45) is 4.94. The van der Waals surface area contributed by atoms with Crippen molar-refractivity contribution in [2.45, 2.75) is 25.4 Å². The molecule has 4 rings (SSSR count). The molecule has 4 heterocycles.